The van der Waals surface area contributed by atoms with Gasteiger partial charge in [0, 0.05) is 5.56 Å². The minimum Gasteiger partial charge on any atom is -0.507 e. The number of aliphatic hydroxyl groups excluding tert-OH is 1. The molecule has 0 aromatic heterocycles. The van der Waals surface area contributed by atoms with Gasteiger partial charge in [-0.1, -0.05) is 57.2 Å². The summed E-state index contributed by atoms with van der Waals surface area (Å²) in [5.74, 6) is -0.169. The molecule has 7 nitrogen and oxygen atoms in total. The number of likely N-dealkylation sites (tertiary alicyclic amines) is 1. The van der Waals surface area contributed by atoms with Crippen LogP contribution in [0.4, 0.5) is 0 Å². The Bertz CT molecular complexity index is 1450. The molecule has 1 aliphatic heterocycles. The maximum Gasteiger partial charge on any atom is 0.295 e. The van der Waals surface area contributed by atoms with Gasteiger partial charge >= 0.3 is 0 Å². The van der Waals surface area contributed by atoms with E-state index in [1.54, 1.807) is 19.2 Å². The molecule has 0 aliphatic carbocycles. The van der Waals surface area contributed by atoms with Crippen molar-refractivity contribution in [2.24, 2.45) is 0 Å². The quantitative estimate of drug-likeness (QED) is 0.201. The van der Waals surface area contributed by atoms with Crippen LogP contribution in [0.1, 0.15) is 62.9 Å². The van der Waals surface area contributed by atoms with E-state index in [0.717, 1.165) is 11.1 Å². The van der Waals surface area contributed by atoms with E-state index in [1.807, 2.05) is 68.4 Å². The number of aliphatic hydroxyl groups is 1. The van der Waals surface area contributed by atoms with Crippen molar-refractivity contribution in [3.05, 3.63) is 94.6 Å². The van der Waals surface area contributed by atoms with Crippen LogP contribution in [-0.4, -0.2) is 42.0 Å². The number of ether oxygens (including phenoxy) is 3. The molecule has 1 fully saturated rings. The van der Waals surface area contributed by atoms with E-state index < -0.39 is 17.7 Å². The van der Waals surface area contributed by atoms with Crippen molar-refractivity contribution in [3.63, 3.8) is 0 Å². The fourth-order valence-electron chi connectivity index (χ4n) is 4.94. The lowest BCUT2D eigenvalue weighted by atomic mass is 9.85. The molecule has 1 heterocycles. The minimum atomic E-state index is -0.872. The number of para-hydroxylation sites is 1. The van der Waals surface area contributed by atoms with Crippen LogP contribution in [-0.2, 0) is 21.5 Å². The third kappa shape index (κ3) is 5.69. The first-order valence-electron chi connectivity index (χ1n) is 13.3. The van der Waals surface area contributed by atoms with E-state index in [-0.39, 0.29) is 29.4 Å². The Hall–Kier alpha value is -4.26. The Labute approximate surface area is 236 Å². The minimum absolute atomic E-state index is 0.00838. The van der Waals surface area contributed by atoms with Gasteiger partial charge in [-0.25, -0.2) is 0 Å². The summed E-state index contributed by atoms with van der Waals surface area (Å²) in [7, 11) is 3.07. The second-order valence-electron chi connectivity index (χ2n) is 11.1. The predicted octanol–water partition coefficient (Wildman–Crippen LogP) is 6.41. The zero-order valence-electron chi connectivity index (χ0n) is 24.1. The summed E-state index contributed by atoms with van der Waals surface area (Å²) < 4.78 is 17.0. The zero-order valence-corrected chi connectivity index (χ0v) is 24.1. The molecule has 7 heteroatoms. The van der Waals surface area contributed by atoms with E-state index in [0.29, 0.717) is 28.4 Å². The maximum atomic E-state index is 13.7. The first kappa shape index (κ1) is 28.7. The van der Waals surface area contributed by atoms with Crippen molar-refractivity contribution < 1.29 is 28.9 Å². The number of hydrogen-bond donors (Lipinski definition) is 1. The number of benzene rings is 3. The zero-order chi connectivity index (χ0) is 29.2. The van der Waals surface area contributed by atoms with Gasteiger partial charge in [0.2, 0.25) is 0 Å². The van der Waals surface area contributed by atoms with Gasteiger partial charge in [-0.3, -0.25) is 9.59 Å². The van der Waals surface area contributed by atoms with Crippen molar-refractivity contribution in [1.29, 1.82) is 0 Å². The van der Waals surface area contributed by atoms with Gasteiger partial charge in [-0.2, -0.15) is 0 Å². The first-order valence-corrected chi connectivity index (χ1v) is 13.3. The Morgan fingerprint density at radius 2 is 1.62 bits per heavy atom. The third-order valence-corrected chi connectivity index (χ3v) is 6.94. The van der Waals surface area contributed by atoms with E-state index in [4.69, 9.17) is 14.2 Å². The molecular weight excluding hydrogens is 506 g/mol. The van der Waals surface area contributed by atoms with Gasteiger partial charge in [-0.15, -0.1) is 0 Å². The Morgan fingerprint density at radius 3 is 2.27 bits per heavy atom. The molecule has 210 valence electrons. The van der Waals surface area contributed by atoms with Crippen LogP contribution >= 0.6 is 0 Å². The lowest BCUT2D eigenvalue weighted by Gasteiger charge is -2.27. The summed E-state index contributed by atoms with van der Waals surface area (Å²) >= 11 is 0. The summed E-state index contributed by atoms with van der Waals surface area (Å²) in [6, 6.07) is 19.3. The van der Waals surface area contributed by atoms with Crippen LogP contribution in [0.5, 0.6) is 17.2 Å². The number of methoxy groups -OCH3 is 2. The second-order valence-corrected chi connectivity index (χ2v) is 11.1. The molecule has 1 unspecified atom stereocenters. The third-order valence-electron chi connectivity index (χ3n) is 6.94. The number of rotatable bonds is 8. The van der Waals surface area contributed by atoms with E-state index in [9.17, 15) is 14.7 Å². The normalized spacial score (nSPS) is 16.9. The van der Waals surface area contributed by atoms with Crippen molar-refractivity contribution >= 4 is 17.4 Å². The molecular formula is C33H37NO6. The molecule has 4 rings (SSSR count). The van der Waals surface area contributed by atoms with Gasteiger partial charge in [0.15, 0.2) is 0 Å². The SMILES string of the molecule is COc1ccccc1CN1C(=O)C(=O)/C(=C(/O)c2cc(C(C)(C)C)ccc2OC)C1c1cccc(OC(C)C)c1. The molecule has 40 heavy (non-hydrogen) atoms. The van der Waals surface area contributed by atoms with Crippen molar-refractivity contribution in [1.82, 2.24) is 4.90 Å². The van der Waals surface area contributed by atoms with E-state index >= 15 is 0 Å². The number of nitrogens with zero attached hydrogens (tertiary/aromatic N) is 1. The topological polar surface area (TPSA) is 85.3 Å². The number of amides is 1. The molecule has 0 spiro atoms. The average Bonchev–Trinajstić information content (AvgIpc) is 3.16. The van der Waals surface area contributed by atoms with Crippen molar-refractivity contribution in [3.8, 4) is 17.2 Å². The fraction of sp³-hybridized carbons (Fsp3) is 0.333. The summed E-state index contributed by atoms with van der Waals surface area (Å²) in [6.07, 6.45) is -0.0698. The van der Waals surface area contributed by atoms with Crippen LogP contribution < -0.4 is 14.2 Å². The fourth-order valence-corrected chi connectivity index (χ4v) is 4.94. The molecule has 1 aliphatic rings. The molecule has 1 saturated heterocycles. The molecule has 3 aromatic rings. The summed E-state index contributed by atoms with van der Waals surface area (Å²) in [4.78, 5) is 28.8. The summed E-state index contributed by atoms with van der Waals surface area (Å²) in [5.41, 5.74) is 2.44. The highest BCUT2D eigenvalue weighted by atomic mass is 16.5. The predicted molar refractivity (Wildman–Crippen MR) is 155 cm³/mol. The molecule has 0 saturated carbocycles. The highest BCUT2D eigenvalue weighted by Gasteiger charge is 2.46. The molecule has 1 amide bonds. The molecule has 0 bridgehead atoms. The van der Waals surface area contributed by atoms with Crippen LogP contribution in [0, 0.1) is 0 Å². The first-order chi connectivity index (χ1) is 19.0. The van der Waals surface area contributed by atoms with Gasteiger partial charge in [0.05, 0.1) is 44.0 Å². The highest BCUT2D eigenvalue weighted by molar-refractivity contribution is 6.46. The second kappa shape index (κ2) is 11.5. The maximum absolute atomic E-state index is 13.7. The smallest absolute Gasteiger partial charge is 0.295 e. The number of carbonyl (C=O) groups is 2. The van der Waals surface area contributed by atoms with Crippen LogP contribution in [0.25, 0.3) is 5.76 Å². The van der Waals surface area contributed by atoms with Gasteiger partial charge < -0.3 is 24.2 Å². The number of hydrogen-bond acceptors (Lipinski definition) is 6. The Morgan fingerprint density at radius 1 is 0.925 bits per heavy atom. The van der Waals surface area contributed by atoms with Crippen LogP contribution in [0.2, 0.25) is 0 Å². The van der Waals surface area contributed by atoms with Gasteiger partial charge in [0.25, 0.3) is 11.7 Å². The lowest BCUT2D eigenvalue weighted by Crippen LogP contribution is -2.29. The molecule has 0 radical (unpaired) electrons. The number of carbonyl (C=O) groups excluding carboxylic acids is 2. The van der Waals surface area contributed by atoms with Crippen molar-refractivity contribution in [2.75, 3.05) is 14.2 Å². The van der Waals surface area contributed by atoms with Crippen molar-refractivity contribution in [2.45, 2.75) is 58.7 Å². The Balaban J connectivity index is 1.95. The largest absolute Gasteiger partial charge is 0.507 e. The van der Waals surface area contributed by atoms with Crippen LogP contribution in [0.15, 0.2) is 72.3 Å². The molecule has 3 aromatic carbocycles. The summed E-state index contributed by atoms with van der Waals surface area (Å²) in [6.45, 7) is 10.1. The summed E-state index contributed by atoms with van der Waals surface area (Å²) in [5, 5.41) is 11.8. The Kier molecular flexibility index (Phi) is 8.24. The molecule has 1 N–H and O–H groups in total. The average molecular weight is 544 g/mol. The van der Waals surface area contributed by atoms with Crippen LogP contribution in [0.3, 0.4) is 0 Å². The highest BCUT2D eigenvalue weighted by Crippen LogP contribution is 2.43. The van der Waals surface area contributed by atoms with E-state index in [1.165, 1.54) is 12.0 Å². The number of Topliss-reactive ketones (excluding diaryl/α,β-unsaturated/α-hetero) is 1. The molecule has 1 atom stereocenters. The van der Waals surface area contributed by atoms with Gasteiger partial charge in [0.1, 0.15) is 23.0 Å². The lowest BCUT2D eigenvalue weighted by molar-refractivity contribution is -0.140. The standard InChI is InChI=1S/C33H37NO6/c1-20(2)40-24-13-10-12-21(17-24)29-28(30(35)25-18-23(33(3,4)5)15-16-27(25)39-7)31(36)32(37)34(29)19-22-11-8-9-14-26(22)38-6/h8-18,20,29,35H,19H2,1-7H3/b30-28+. The van der Waals surface area contributed by atoms with Gasteiger partial charge in [-0.05, 0) is 60.7 Å². The monoisotopic (exact) mass is 543 g/mol. The number of ketones is 1. The van der Waals surface area contributed by atoms with E-state index in [2.05, 4.69) is 20.8 Å².